The van der Waals surface area contributed by atoms with Crippen LogP contribution in [0.5, 0.6) is 5.75 Å². The molecule has 1 N–H and O–H groups in total. The van der Waals surface area contributed by atoms with Gasteiger partial charge in [0.1, 0.15) is 12.4 Å². The van der Waals surface area contributed by atoms with Crippen LogP contribution in [0.2, 0.25) is 5.02 Å². The maximum absolute atomic E-state index is 9.44. The van der Waals surface area contributed by atoms with Crippen molar-refractivity contribution in [3.05, 3.63) is 29.3 Å². The minimum Gasteiger partial charge on any atom is -0.491 e. The molecule has 0 fully saturated rings. The summed E-state index contributed by atoms with van der Waals surface area (Å²) in [6.45, 7) is 1.99. The van der Waals surface area contributed by atoms with Gasteiger partial charge in [-0.3, -0.25) is 0 Å². The van der Waals surface area contributed by atoms with Crippen molar-refractivity contribution in [1.82, 2.24) is 0 Å². The van der Waals surface area contributed by atoms with E-state index < -0.39 is 6.10 Å². The lowest BCUT2D eigenvalue weighted by atomic mass is 10.3. The van der Waals surface area contributed by atoms with Gasteiger partial charge in [-0.2, -0.15) is 0 Å². The van der Waals surface area contributed by atoms with Crippen molar-refractivity contribution in [2.24, 2.45) is 0 Å². The minimum absolute atomic E-state index is 0.246. The monoisotopic (exact) mass is 224 g/mol. The Kier molecular flexibility index (Phi) is 5.03. The molecule has 3 heteroatoms. The van der Waals surface area contributed by atoms with Crippen molar-refractivity contribution in [3.63, 3.8) is 0 Å². The molecule has 1 unspecified atom stereocenters. The zero-order chi connectivity index (χ0) is 11.1. The molecule has 0 heterocycles. The summed E-state index contributed by atoms with van der Waals surface area (Å²) in [7, 11) is 0. The van der Waals surface area contributed by atoms with Crippen molar-refractivity contribution < 1.29 is 9.84 Å². The molecule has 0 saturated carbocycles. The van der Waals surface area contributed by atoms with Crippen molar-refractivity contribution in [1.29, 1.82) is 0 Å². The van der Waals surface area contributed by atoms with E-state index in [-0.39, 0.29) is 6.61 Å². The van der Waals surface area contributed by atoms with E-state index in [1.165, 1.54) is 0 Å². The van der Waals surface area contributed by atoms with Crippen molar-refractivity contribution in [2.75, 3.05) is 6.61 Å². The number of aliphatic hydroxyl groups excluding tert-OH is 1. The van der Waals surface area contributed by atoms with Gasteiger partial charge in [0.05, 0.1) is 6.10 Å². The Bertz CT molecular complexity index is 348. The predicted molar refractivity (Wildman–Crippen MR) is 61.0 cm³/mol. The summed E-state index contributed by atoms with van der Waals surface area (Å²) in [5.74, 6) is 6.21. The van der Waals surface area contributed by atoms with Gasteiger partial charge in [-0.25, -0.2) is 0 Å². The van der Waals surface area contributed by atoms with Crippen LogP contribution < -0.4 is 4.74 Å². The standard InChI is InChI=1S/C12H13ClO2/c1-2-3-4-11(14)9-15-12-7-5-10(13)6-8-12/h5-8,11,14H,4,9H2,1H3. The zero-order valence-corrected chi connectivity index (χ0v) is 9.29. The van der Waals surface area contributed by atoms with Crippen LogP contribution in [-0.4, -0.2) is 17.8 Å². The second-order valence-corrected chi connectivity index (χ2v) is 3.49. The maximum Gasteiger partial charge on any atom is 0.119 e. The zero-order valence-electron chi connectivity index (χ0n) is 8.53. The molecular weight excluding hydrogens is 212 g/mol. The smallest absolute Gasteiger partial charge is 0.119 e. The molecule has 0 saturated heterocycles. The normalized spacial score (nSPS) is 11.4. The summed E-state index contributed by atoms with van der Waals surface area (Å²) in [6.07, 6.45) is -0.113. The average molecular weight is 225 g/mol. The number of hydrogen-bond acceptors (Lipinski definition) is 2. The first-order valence-corrected chi connectivity index (χ1v) is 5.06. The fourth-order valence-electron chi connectivity index (χ4n) is 1.00. The van der Waals surface area contributed by atoms with Gasteiger partial charge >= 0.3 is 0 Å². The summed E-state index contributed by atoms with van der Waals surface area (Å²) in [5, 5.41) is 10.1. The van der Waals surface area contributed by atoms with Gasteiger partial charge in [0, 0.05) is 11.4 Å². The molecule has 0 amide bonds. The SMILES string of the molecule is CC#CCC(O)COc1ccc(Cl)cc1. The molecule has 80 valence electrons. The van der Waals surface area contributed by atoms with Crippen molar-refractivity contribution >= 4 is 11.6 Å². The molecule has 1 rings (SSSR count). The van der Waals surface area contributed by atoms with E-state index in [1.807, 2.05) is 0 Å². The van der Waals surface area contributed by atoms with Crippen LogP contribution in [0.4, 0.5) is 0 Å². The maximum atomic E-state index is 9.44. The molecule has 0 bridgehead atoms. The third kappa shape index (κ3) is 4.73. The fourth-order valence-corrected chi connectivity index (χ4v) is 1.13. The Morgan fingerprint density at radius 3 is 2.67 bits per heavy atom. The van der Waals surface area contributed by atoms with E-state index in [2.05, 4.69) is 11.8 Å². The first-order chi connectivity index (χ1) is 7.22. The molecule has 2 nitrogen and oxygen atoms in total. The molecule has 1 atom stereocenters. The Morgan fingerprint density at radius 1 is 1.40 bits per heavy atom. The lowest BCUT2D eigenvalue weighted by molar-refractivity contribution is 0.111. The molecule has 1 aromatic rings. The van der Waals surface area contributed by atoms with E-state index >= 15 is 0 Å². The van der Waals surface area contributed by atoms with Crippen LogP contribution in [0.1, 0.15) is 13.3 Å². The van der Waals surface area contributed by atoms with E-state index in [4.69, 9.17) is 16.3 Å². The van der Waals surface area contributed by atoms with Crippen LogP contribution in [0, 0.1) is 11.8 Å². The topological polar surface area (TPSA) is 29.5 Å². The number of aliphatic hydroxyl groups is 1. The highest BCUT2D eigenvalue weighted by Gasteiger charge is 2.02. The van der Waals surface area contributed by atoms with E-state index in [1.54, 1.807) is 31.2 Å². The van der Waals surface area contributed by atoms with Gasteiger partial charge in [0.25, 0.3) is 0 Å². The largest absolute Gasteiger partial charge is 0.491 e. The molecule has 0 spiro atoms. The summed E-state index contributed by atoms with van der Waals surface area (Å²) < 4.78 is 5.34. The minimum atomic E-state index is -0.548. The van der Waals surface area contributed by atoms with E-state index in [0.29, 0.717) is 17.2 Å². The second-order valence-electron chi connectivity index (χ2n) is 3.05. The first-order valence-electron chi connectivity index (χ1n) is 4.68. The summed E-state index contributed by atoms with van der Waals surface area (Å²) in [4.78, 5) is 0. The summed E-state index contributed by atoms with van der Waals surface area (Å²) in [5.41, 5.74) is 0. The van der Waals surface area contributed by atoms with Crippen LogP contribution in [0.25, 0.3) is 0 Å². The van der Waals surface area contributed by atoms with Crippen LogP contribution in [-0.2, 0) is 0 Å². The molecule has 0 aliphatic rings. The summed E-state index contributed by atoms with van der Waals surface area (Å²) in [6, 6.07) is 7.02. The highest BCUT2D eigenvalue weighted by Crippen LogP contribution is 2.15. The van der Waals surface area contributed by atoms with Gasteiger partial charge in [-0.1, -0.05) is 11.6 Å². The van der Waals surface area contributed by atoms with Gasteiger partial charge < -0.3 is 9.84 Å². The van der Waals surface area contributed by atoms with Crippen LogP contribution >= 0.6 is 11.6 Å². The molecular formula is C12H13ClO2. The first kappa shape index (κ1) is 11.9. The molecule has 0 aromatic heterocycles. The van der Waals surface area contributed by atoms with Gasteiger partial charge in [0.2, 0.25) is 0 Å². The predicted octanol–water partition coefficient (Wildman–Crippen LogP) is 2.49. The average Bonchev–Trinajstić information content (AvgIpc) is 2.25. The quantitative estimate of drug-likeness (QED) is 0.797. The number of hydrogen-bond donors (Lipinski definition) is 1. The van der Waals surface area contributed by atoms with Crippen molar-refractivity contribution in [3.8, 4) is 17.6 Å². The third-order valence-electron chi connectivity index (χ3n) is 1.77. The lowest BCUT2D eigenvalue weighted by Crippen LogP contribution is -2.16. The highest BCUT2D eigenvalue weighted by atomic mass is 35.5. The van der Waals surface area contributed by atoms with E-state index in [9.17, 15) is 5.11 Å². The molecule has 1 aromatic carbocycles. The lowest BCUT2D eigenvalue weighted by Gasteiger charge is -2.09. The Balaban J connectivity index is 2.35. The second kappa shape index (κ2) is 6.34. The molecule has 15 heavy (non-hydrogen) atoms. The van der Waals surface area contributed by atoms with Gasteiger partial charge in [0.15, 0.2) is 0 Å². The highest BCUT2D eigenvalue weighted by molar-refractivity contribution is 6.30. The Hall–Kier alpha value is -1.17. The van der Waals surface area contributed by atoms with E-state index in [0.717, 1.165) is 0 Å². The molecule has 0 aliphatic heterocycles. The number of ether oxygens (including phenoxy) is 1. The van der Waals surface area contributed by atoms with Gasteiger partial charge in [-0.15, -0.1) is 11.8 Å². The summed E-state index contributed by atoms with van der Waals surface area (Å²) >= 11 is 5.72. The fraction of sp³-hybridized carbons (Fsp3) is 0.333. The number of rotatable bonds is 4. The number of benzene rings is 1. The Morgan fingerprint density at radius 2 is 2.07 bits per heavy atom. The Labute approximate surface area is 94.8 Å². The van der Waals surface area contributed by atoms with Crippen LogP contribution in [0.15, 0.2) is 24.3 Å². The van der Waals surface area contributed by atoms with Crippen LogP contribution in [0.3, 0.4) is 0 Å². The van der Waals surface area contributed by atoms with Crippen molar-refractivity contribution in [2.45, 2.75) is 19.4 Å². The van der Waals surface area contributed by atoms with Gasteiger partial charge in [-0.05, 0) is 31.2 Å². The number of halogens is 1. The molecule has 0 radical (unpaired) electrons. The molecule has 0 aliphatic carbocycles. The third-order valence-corrected chi connectivity index (χ3v) is 2.02.